The lowest BCUT2D eigenvalue weighted by atomic mass is 10.1. The number of pyridine rings is 1. The molecule has 5 heteroatoms. The summed E-state index contributed by atoms with van der Waals surface area (Å²) in [6, 6.07) is 3.80. The van der Waals surface area contributed by atoms with Crippen molar-refractivity contribution in [2.45, 2.75) is 45.4 Å². The molecule has 1 unspecified atom stereocenters. The quantitative estimate of drug-likeness (QED) is 0.628. The Bertz CT molecular complexity index is 395. The van der Waals surface area contributed by atoms with Crippen molar-refractivity contribution in [3.05, 3.63) is 29.0 Å². The fraction of sp³-hybridized carbons (Fsp3) is 0.615. The Hall–Kier alpha value is -0.290. The zero-order chi connectivity index (χ0) is 13.9. The number of hydrogen-bond acceptors (Lipinski definition) is 3. The van der Waals surface area contributed by atoms with Crippen molar-refractivity contribution in [2.24, 2.45) is 0 Å². The van der Waals surface area contributed by atoms with Gasteiger partial charge in [-0.15, -0.1) is 4.31 Å². The third kappa shape index (κ3) is 3.85. The first kappa shape index (κ1) is 15.8. The molecule has 0 saturated heterocycles. The van der Waals surface area contributed by atoms with Gasteiger partial charge < -0.3 is 4.55 Å². The monoisotopic (exact) mass is 288 g/mol. The molecule has 1 aromatic rings. The average molecular weight is 289 g/mol. The maximum atomic E-state index is 12.5. The van der Waals surface area contributed by atoms with E-state index >= 15 is 0 Å². The summed E-state index contributed by atoms with van der Waals surface area (Å²) in [7, 11) is 0. The van der Waals surface area contributed by atoms with Gasteiger partial charge in [-0.05, 0) is 52.3 Å². The number of hydrogen-bond donors (Lipinski definition) is 0. The lowest BCUT2D eigenvalue weighted by Gasteiger charge is -2.35. The Labute approximate surface area is 118 Å². The third-order valence-electron chi connectivity index (χ3n) is 2.71. The maximum Gasteiger partial charge on any atom is 0.137 e. The van der Waals surface area contributed by atoms with Crippen LogP contribution in [0.1, 0.15) is 46.2 Å². The molecule has 0 amide bonds. The molecule has 18 heavy (non-hydrogen) atoms. The highest BCUT2D eigenvalue weighted by Gasteiger charge is 2.35. The van der Waals surface area contributed by atoms with Crippen LogP contribution in [0.25, 0.3) is 0 Å². The van der Waals surface area contributed by atoms with Crippen LogP contribution in [0.5, 0.6) is 0 Å². The smallest absolute Gasteiger partial charge is 0.137 e. The second-order valence-corrected chi connectivity index (χ2v) is 7.76. The van der Waals surface area contributed by atoms with E-state index in [1.165, 1.54) is 0 Å². The number of aromatic nitrogens is 1. The highest BCUT2D eigenvalue weighted by molar-refractivity contribution is 7.90. The molecule has 0 aliphatic carbocycles. The number of halogens is 1. The van der Waals surface area contributed by atoms with Gasteiger partial charge in [0.15, 0.2) is 0 Å². The minimum atomic E-state index is -1.04. The van der Waals surface area contributed by atoms with E-state index in [2.05, 4.69) is 4.98 Å². The topological polar surface area (TPSA) is 39.2 Å². The minimum Gasteiger partial charge on any atom is -0.597 e. The van der Waals surface area contributed by atoms with Gasteiger partial charge in [-0.1, -0.05) is 11.6 Å². The zero-order valence-corrected chi connectivity index (χ0v) is 13.2. The molecule has 102 valence electrons. The molecule has 2 atom stereocenters. The van der Waals surface area contributed by atoms with Gasteiger partial charge in [0.25, 0.3) is 0 Å². The average Bonchev–Trinajstić information content (AvgIpc) is 2.28. The Morgan fingerprint density at radius 2 is 2.11 bits per heavy atom. The predicted octanol–water partition coefficient (Wildman–Crippen LogP) is 3.58. The second-order valence-electron chi connectivity index (χ2n) is 5.18. The van der Waals surface area contributed by atoms with Gasteiger partial charge in [0, 0.05) is 24.1 Å². The Kier molecular flexibility index (Phi) is 5.46. The summed E-state index contributed by atoms with van der Waals surface area (Å²) in [6.07, 6.45) is 1.68. The summed E-state index contributed by atoms with van der Waals surface area (Å²) in [5.74, 6) is 0. The molecule has 0 aliphatic rings. The van der Waals surface area contributed by atoms with Crippen molar-refractivity contribution < 1.29 is 4.55 Å². The van der Waals surface area contributed by atoms with E-state index in [0.29, 0.717) is 5.15 Å². The summed E-state index contributed by atoms with van der Waals surface area (Å²) >= 11 is 4.86. The number of rotatable bonds is 4. The van der Waals surface area contributed by atoms with E-state index in [1.807, 2.05) is 51.1 Å². The van der Waals surface area contributed by atoms with Crippen LogP contribution in [-0.4, -0.2) is 25.1 Å². The van der Waals surface area contributed by atoms with Crippen molar-refractivity contribution >= 4 is 23.0 Å². The van der Waals surface area contributed by atoms with Gasteiger partial charge in [0.05, 0.1) is 6.04 Å². The van der Waals surface area contributed by atoms with Crippen LogP contribution in [0.4, 0.5) is 0 Å². The fourth-order valence-electron chi connectivity index (χ4n) is 1.73. The van der Waals surface area contributed by atoms with E-state index < -0.39 is 11.4 Å². The van der Waals surface area contributed by atoms with Crippen molar-refractivity contribution in [1.82, 2.24) is 9.29 Å². The molecule has 1 aromatic heterocycles. The van der Waals surface area contributed by atoms with Crippen molar-refractivity contribution in [3.63, 3.8) is 0 Å². The summed E-state index contributed by atoms with van der Waals surface area (Å²) in [5.41, 5.74) is 1.04. The van der Waals surface area contributed by atoms with E-state index in [4.69, 9.17) is 11.6 Å². The lowest BCUT2D eigenvalue weighted by molar-refractivity contribution is 0.344. The molecule has 0 fully saturated rings. The molecule has 0 N–H and O–H groups in total. The van der Waals surface area contributed by atoms with Crippen LogP contribution in [0.3, 0.4) is 0 Å². The number of nitrogens with zero attached hydrogens (tertiary/aromatic N) is 2. The van der Waals surface area contributed by atoms with Crippen LogP contribution < -0.4 is 0 Å². The normalized spacial score (nSPS) is 15.8. The highest BCUT2D eigenvalue weighted by Crippen LogP contribution is 2.29. The van der Waals surface area contributed by atoms with E-state index in [0.717, 1.165) is 12.1 Å². The Morgan fingerprint density at radius 1 is 1.50 bits per heavy atom. The first-order valence-corrected chi connectivity index (χ1v) is 7.56. The zero-order valence-electron chi connectivity index (χ0n) is 11.6. The second kappa shape index (κ2) is 6.24. The summed E-state index contributed by atoms with van der Waals surface area (Å²) in [4.78, 5) is 3.97. The molecule has 0 aromatic carbocycles. The van der Waals surface area contributed by atoms with Crippen molar-refractivity contribution in [3.8, 4) is 0 Å². The van der Waals surface area contributed by atoms with Crippen LogP contribution in [0.15, 0.2) is 18.3 Å². The molecular weight excluding hydrogens is 268 g/mol. The largest absolute Gasteiger partial charge is 0.597 e. The Balaban J connectivity index is 2.96. The molecule has 0 bridgehead atoms. The van der Waals surface area contributed by atoms with Gasteiger partial charge in [0.1, 0.15) is 9.90 Å². The van der Waals surface area contributed by atoms with Crippen molar-refractivity contribution in [2.75, 3.05) is 6.54 Å². The van der Waals surface area contributed by atoms with Crippen molar-refractivity contribution in [1.29, 1.82) is 0 Å². The van der Waals surface area contributed by atoms with Crippen LogP contribution >= 0.6 is 11.6 Å². The maximum absolute atomic E-state index is 12.5. The van der Waals surface area contributed by atoms with Crippen LogP contribution in [0, 0.1) is 0 Å². The fourth-order valence-corrected chi connectivity index (χ4v) is 3.26. The lowest BCUT2D eigenvalue weighted by Crippen LogP contribution is -2.44. The Morgan fingerprint density at radius 3 is 2.56 bits per heavy atom. The van der Waals surface area contributed by atoms with Gasteiger partial charge in [-0.2, -0.15) is 0 Å². The van der Waals surface area contributed by atoms with Gasteiger partial charge in [-0.3, -0.25) is 0 Å². The standard InChI is InChI=1S/C13H21ClN2OS/c1-6-16(18(17)13(3,4)5)10(2)11-7-8-15-12(14)9-11/h7-10H,6H2,1-5H3/t10-,18?/m0/s1. The summed E-state index contributed by atoms with van der Waals surface area (Å²) in [5, 5.41) is 0.469. The first-order chi connectivity index (χ1) is 8.27. The van der Waals surface area contributed by atoms with E-state index in [-0.39, 0.29) is 10.8 Å². The predicted molar refractivity (Wildman–Crippen MR) is 77.9 cm³/mol. The molecule has 3 nitrogen and oxygen atoms in total. The van der Waals surface area contributed by atoms with Crippen LogP contribution in [0.2, 0.25) is 5.15 Å². The summed E-state index contributed by atoms with van der Waals surface area (Å²) in [6.45, 7) is 10.7. The molecule has 0 spiro atoms. The van der Waals surface area contributed by atoms with E-state index in [9.17, 15) is 4.55 Å². The van der Waals surface area contributed by atoms with Gasteiger partial charge in [-0.25, -0.2) is 4.98 Å². The SMILES string of the molecule is CCN([C@@H](C)c1ccnc(Cl)c1)[S+]([O-])C(C)(C)C. The molecule has 0 radical (unpaired) electrons. The molecular formula is C13H21ClN2OS. The van der Waals surface area contributed by atoms with Gasteiger partial charge >= 0.3 is 0 Å². The third-order valence-corrected chi connectivity index (χ3v) is 4.97. The summed E-state index contributed by atoms with van der Waals surface area (Å²) < 4.78 is 14.2. The first-order valence-electron chi connectivity index (χ1n) is 6.07. The van der Waals surface area contributed by atoms with Crippen LogP contribution in [-0.2, 0) is 11.4 Å². The molecule has 1 heterocycles. The molecule has 0 aliphatic heterocycles. The molecule has 1 rings (SSSR count). The van der Waals surface area contributed by atoms with E-state index in [1.54, 1.807) is 6.20 Å². The molecule has 0 saturated carbocycles. The highest BCUT2D eigenvalue weighted by atomic mass is 35.5. The minimum absolute atomic E-state index is 0.0514. The van der Waals surface area contributed by atoms with Gasteiger partial charge in [0.2, 0.25) is 0 Å².